The maximum atomic E-state index is 11.5. The maximum absolute atomic E-state index is 11.5. The number of carbonyl (C=O) groups is 1. The summed E-state index contributed by atoms with van der Waals surface area (Å²) in [7, 11) is 0. The van der Waals surface area contributed by atoms with Gasteiger partial charge < -0.3 is 5.11 Å². The zero-order valence-corrected chi connectivity index (χ0v) is 10.6. The summed E-state index contributed by atoms with van der Waals surface area (Å²) in [5.41, 5.74) is -1.13. The first-order chi connectivity index (χ1) is 6.00. The molecule has 0 amide bonds. The Balaban J connectivity index is 5.58. The van der Waals surface area contributed by atoms with E-state index in [4.69, 9.17) is 0 Å². The molecule has 0 bridgehead atoms. The number of rotatable bonds is 2. The van der Waals surface area contributed by atoms with Gasteiger partial charge in [0.2, 0.25) is 0 Å². The van der Waals surface area contributed by atoms with Gasteiger partial charge in [0.05, 0.1) is 5.41 Å². The van der Waals surface area contributed by atoms with E-state index >= 15 is 0 Å². The Hall–Kier alpha value is -0.530. The van der Waals surface area contributed by atoms with Gasteiger partial charge in [-0.15, -0.1) is 0 Å². The topological polar surface area (TPSA) is 37.3 Å². The van der Waals surface area contributed by atoms with Gasteiger partial charge >= 0.3 is 5.97 Å². The molecule has 0 aliphatic heterocycles. The van der Waals surface area contributed by atoms with Gasteiger partial charge in [0.1, 0.15) is 0 Å². The van der Waals surface area contributed by atoms with E-state index in [0.717, 1.165) is 0 Å². The maximum Gasteiger partial charge on any atom is 0.310 e. The molecule has 0 heterocycles. The molecule has 0 aromatic carbocycles. The number of hydrogen-bond acceptors (Lipinski definition) is 1. The second-order valence-corrected chi connectivity index (χ2v) is 6.06. The van der Waals surface area contributed by atoms with Gasteiger partial charge in [0, 0.05) is 0 Å². The quantitative estimate of drug-likeness (QED) is 0.740. The van der Waals surface area contributed by atoms with Crippen molar-refractivity contribution in [2.75, 3.05) is 0 Å². The predicted octanol–water partition coefficient (Wildman–Crippen LogP) is 3.56. The van der Waals surface area contributed by atoms with Gasteiger partial charge in [-0.1, -0.05) is 48.5 Å². The molecule has 0 rings (SSSR count). The lowest BCUT2D eigenvalue weighted by Crippen LogP contribution is -2.51. The van der Waals surface area contributed by atoms with Crippen molar-refractivity contribution in [2.45, 2.75) is 54.9 Å². The second-order valence-electron chi connectivity index (χ2n) is 6.06. The fraction of sp³-hybridized carbons (Fsp3) is 0.917. The minimum absolute atomic E-state index is 0.230. The predicted molar refractivity (Wildman–Crippen MR) is 59.3 cm³/mol. The van der Waals surface area contributed by atoms with Crippen molar-refractivity contribution in [3.8, 4) is 0 Å². The van der Waals surface area contributed by atoms with Crippen molar-refractivity contribution in [3.05, 3.63) is 0 Å². The van der Waals surface area contributed by atoms with Crippen molar-refractivity contribution in [1.82, 2.24) is 0 Å². The van der Waals surface area contributed by atoms with Gasteiger partial charge in [0.15, 0.2) is 0 Å². The highest BCUT2D eigenvalue weighted by molar-refractivity contribution is 5.76. The van der Waals surface area contributed by atoms with Gasteiger partial charge in [-0.05, 0) is 17.3 Å². The van der Waals surface area contributed by atoms with Crippen molar-refractivity contribution < 1.29 is 9.90 Å². The van der Waals surface area contributed by atoms with Crippen LogP contribution in [0.5, 0.6) is 0 Å². The molecule has 0 fully saturated rings. The van der Waals surface area contributed by atoms with Crippen LogP contribution in [0, 0.1) is 16.2 Å². The minimum Gasteiger partial charge on any atom is -0.481 e. The summed E-state index contributed by atoms with van der Waals surface area (Å²) in [5.74, 6) is -0.681. The zero-order chi connectivity index (χ0) is 11.8. The van der Waals surface area contributed by atoms with Gasteiger partial charge in [-0.2, -0.15) is 0 Å². The lowest BCUT2D eigenvalue weighted by molar-refractivity contribution is -0.169. The van der Waals surface area contributed by atoms with E-state index in [2.05, 4.69) is 0 Å². The van der Waals surface area contributed by atoms with Crippen molar-refractivity contribution >= 4 is 5.97 Å². The van der Waals surface area contributed by atoms with Crippen LogP contribution < -0.4 is 0 Å². The Morgan fingerprint density at radius 1 is 1.00 bits per heavy atom. The van der Waals surface area contributed by atoms with Gasteiger partial charge in [-0.25, -0.2) is 0 Å². The summed E-state index contributed by atoms with van der Waals surface area (Å²) in [4.78, 5) is 11.5. The molecule has 0 saturated carbocycles. The molecule has 0 atom stereocenters. The van der Waals surface area contributed by atoms with Crippen molar-refractivity contribution in [2.24, 2.45) is 16.2 Å². The molecule has 84 valence electrons. The Kier molecular flexibility index (Phi) is 3.42. The summed E-state index contributed by atoms with van der Waals surface area (Å²) in [5, 5.41) is 9.50. The van der Waals surface area contributed by atoms with E-state index in [9.17, 15) is 9.90 Å². The molecule has 2 nitrogen and oxygen atoms in total. The fourth-order valence-electron chi connectivity index (χ4n) is 2.98. The SMILES string of the molecule is CCC(C(=O)O)(C(C)(C)C)C(C)(C)C. The first-order valence-corrected chi connectivity index (χ1v) is 5.24. The minimum atomic E-state index is -0.681. The highest BCUT2D eigenvalue weighted by atomic mass is 16.4. The van der Waals surface area contributed by atoms with E-state index < -0.39 is 11.4 Å². The van der Waals surface area contributed by atoms with Gasteiger partial charge in [-0.3, -0.25) is 4.79 Å². The molecule has 0 radical (unpaired) electrons. The molecular weight excluding hydrogens is 176 g/mol. The molecular formula is C12H24O2. The molecule has 14 heavy (non-hydrogen) atoms. The molecule has 0 aliphatic rings. The van der Waals surface area contributed by atoms with Crippen LogP contribution in [-0.4, -0.2) is 11.1 Å². The van der Waals surface area contributed by atoms with Crippen LogP contribution >= 0.6 is 0 Å². The Bertz CT molecular complexity index is 201. The molecule has 2 heteroatoms. The highest BCUT2D eigenvalue weighted by Crippen LogP contribution is 2.53. The number of carboxylic acids is 1. The van der Waals surface area contributed by atoms with E-state index in [1.807, 2.05) is 48.5 Å². The lowest BCUT2D eigenvalue weighted by Gasteiger charge is -2.50. The summed E-state index contributed by atoms with van der Waals surface area (Å²) in [6.07, 6.45) is 0.662. The molecule has 0 spiro atoms. The molecule has 1 N–H and O–H groups in total. The summed E-state index contributed by atoms with van der Waals surface area (Å²) >= 11 is 0. The van der Waals surface area contributed by atoms with Crippen LogP contribution in [0.3, 0.4) is 0 Å². The normalized spacial score (nSPS) is 14.2. The average molecular weight is 200 g/mol. The van der Waals surface area contributed by atoms with Gasteiger partial charge in [0.25, 0.3) is 0 Å². The standard InChI is InChI=1S/C12H24O2/c1-8-12(9(13)14,10(2,3)4)11(5,6)7/h8H2,1-7H3,(H,13,14). The van der Waals surface area contributed by atoms with Crippen LogP contribution in [0.1, 0.15) is 54.9 Å². The average Bonchev–Trinajstić information content (AvgIpc) is 1.80. The highest BCUT2D eigenvalue weighted by Gasteiger charge is 2.55. The molecule has 0 unspecified atom stereocenters. The molecule has 0 aromatic rings. The fourth-order valence-corrected chi connectivity index (χ4v) is 2.98. The van der Waals surface area contributed by atoms with E-state index in [1.54, 1.807) is 0 Å². The largest absolute Gasteiger partial charge is 0.481 e. The van der Waals surface area contributed by atoms with Crippen LogP contribution in [0.4, 0.5) is 0 Å². The van der Waals surface area contributed by atoms with Crippen LogP contribution in [0.2, 0.25) is 0 Å². The van der Waals surface area contributed by atoms with Crippen LogP contribution in [0.25, 0.3) is 0 Å². The molecule has 0 aliphatic carbocycles. The van der Waals surface area contributed by atoms with Crippen molar-refractivity contribution in [3.63, 3.8) is 0 Å². The Morgan fingerprint density at radius 3 is 1.29 bits per heavy atom. The molecule has 0 aromatic heterocycles. The first-order valence-electron chi connectivity index (χ1n) is 5.24. The first kappa shape index (κ1) is 13.5. The summed E-state index contributed by atoms with van der Waals surface area (Å²) < 4.78 is 0. The Labute approximate surface area is 87.7 Å². The zero-order valence-electron chi connectivity index (χ0n) is 10.6. The third-order valence-electron chi connectivity index (χ3n) is 3.46. The third-order valence-corrected chi connectivity index (χ3v) is 3.46. The van der Waals surface area contributed by atoms with Crippen molar-refractivity contribution in [1.29, 1.82) is 0 Å². The van der Waals surface area contributed by atoms with E-state index in [-0.39, 0.29) is 10.8 Å². The lowest BCUT2D eigenvalue weighted by atomic mass is 9.53. The number of carboxylic acid groups (broad SMARTS) is 1. The smallest absolute Gasteiger partial charge is 0.310 e. The number of aliphatic carboxylic acids is 1. The van der Waals surface area contributed by atoms with Crippen LogP contribution in [-0.2, 0) is 4.79 Å². The van der Waals surface area contributed by atoms with E-state index in [1.165, 1.54) is 0 Å². The number of hydrogen-bond donors (Lipinski definition) is 1. The summed E-state index contributed by atoms with van der Waals surface area (Å²) in [6, 6.07) is 0. The summed E-state index contributed by atoms with van der Waals surface area (Å²) in [6.45, 7) is 14.0. The van der Waals surface area contributed by atoms with E-state index in [0.29, 0.717) is 6.42 Å². The monoisotopic (exact) mass is 200 g/mol. The second kappa shape index (κ2) is 3.56. The molecule has 0 saturated heterocycles. The Morgan fingerprint density at radius 2 is 1.29 bits per heavy atom. The third kappa shape index (κ3) is 1.79. The van der Waals surface area contributed by atoms with Crippen LogP contribution in [0.15, 0.2) is 0 Å².